The van der Waals surface area contributed by atoms with Crippen LogP contribution in [0.15, 0.2) is 96.9 Å². The highest BCUT2D eigenvalue weighted by Gasteiger charge is 2.15. The molecule has 0 radical (unpaired) electrons. The van der Waals surface area contributed by atoms with Gasteiger partial charge in [-0.25, -0.2) is 0 Å². The summed E-state index contributed by atoms with van der Waals surface area (Å²) in [6.45, 7) is 4.85. The van der Waals surface area contributed by atoms with Crippen molar-refractivity contribution in [3.63, 3.8) is 0 Å². The van der Waals surface area contributed by atoms with Gasteiger partial charge in [-0.15, -0.1) is 16.8 Å². The van der Waals surface area contributed by atoms with Gasteiger partial charge in [-0.2, -0.15) is 0 Å². The molecule has 2 aromatic heterocycles. The van der Waals surface area contributed by atoms with Crippen LogP contribution in [0.3, 0.4) is 0 Å². The monoisotopic (exact) mass is 457 g/mol. The highest BCUT2D eigenvalue weighted by Crippen LogP contribution is 2.24. The van der Waals surface area contributed by atoms with Crippen molar-refractivity contribution in [1.29, 1.82) is 0 Å². The fourth-order valence-electron chi connectivity index (χ4n) is 3.11. The first-order valence-corrected chi connectivity index (χ1v) is 11.4. The lowest BCUT2D eigenvalue weighted by atomic mass is 10.2. The number of nitrogens with zero attached hydrogens (tertiary/aromatic N) is 4. The number of allylic oxidation sites excluding steroid dienone is 1. The van der Waals surface area contributed by atoms with E-state index in [0.29, 0.717) is 29.8 Å². The quantitative estimate of drug-likeness (QED) is 0.271. The third-order valence-electron chi connectivity index (χ3n) is 4.69. The summed E-state index contributed by atoms with van der Waals surface area (Å²) in [4.78, 5) is 16.5. The average molecular weight is 458 g/mol. The van der Waals surface area contributed by atoms with Gasteiger partial charge in [-0.3, -0.25) is 14.3 Å². The molecule has 0 aliphatic heterocycles. The van der Waals surface area contributed by atoms with Gasteiger partial charge in [-0.1, -0.05) is 48.2 Å². The van der Waals surface area contributed by atoms with Crippen molar-refractivity contribution < 1.29 is 9.53 Å². The summed E-state index contributed by atoms with van der Waals surface area (Å²) in [7, 11) is 0. The van der Waals surface area contributed by atoms with Crippen LogP contribution < -0.4 is 10.1 Å². The van der Waals surface area contributed by atoms with E-state index in [1.807, 2.05) is 71.3 Å². The zero-order chi connectivity index (χ0) is 22.9. The van der Waals surface area contributed by atoms with Crippen LogP contribution in [0, 0.1) is 0 Å². The fourth-order valence-corrected chi connectivity index (χ4v) is 3.85. The van der Waals surface area contributed by atoms with E-state index in [9.17, 15) is 4.79 Å². The van der Waals surface area contributed by atoms with Crippen LogP contribution in [-0.4, -0.2) is 31.4 Å². The van der Waals surface area contributed by atoms with Gasteiger partial charge in [0.1, 0.15) is 12.4 Å². The van der Waals surface area contributed by atoms with Crippen molar-refractivity contribution >= 4 is 23.4 Å². The number of hydrogen-bond acceptors (Lipinski definition) is 6. The molecule has 0 aliphatic carbocycles. The average Bonchev–Trinajstić information content (AvgIpc) is 3.26. The molecule has 4 rings (SSSR count). The number of aromatic nitrogens is 4. The van der Waals surface area contributed by atoms with Crippen LogP contribution in [0.5, 0.6) is 5.75 Å². The van der Waals surface area contributed by atoms with Crippen molar-refractivity contribution in [3.05, 3.63) is 97.3 Å². The minimum absolute atomic E-state index is 0.128. The number of rotatable bonds is 10. The summed E-state index contributed by atoms with van der Waals surface area (Å²) in [5.74, 6) is 1.54. The molecule has 7 nitrogen and oxygen atoms in total. The number of benzene rings is 2. The second kappa shape index (κ2) is 11.1. The van der Waals surface area contributed by atoms with E-state index in [4.69, 9.17) is 4.74 Å². The van der Waals surface area contributed by atoms with Crippen molar-refractivity contribution in [2.24, 2.45) is 0 Å². The highest BCUT2D eigenvalue weighted by atomic mass is 32.2. The molecular formula is C25H23N5O2S. The van der Waals surface area contributed by atoms with Gasteiger partial charge >= 0.3 is 0 Å². The third-order valence-corrected chi connectivity index (χ3v) is 5.65. The molecule has 1 amide bonds. The topological polar surface area (TPSA) is 81.9 Å². The van der Waals surface area contributed by atoms with Crippen molar-refractivity contribution in [3.8, 4) is 17.1 Å². The molecule has 166 valence electrons. The lowest BCUT2D eigenvalue weighted by Crippen LogP contribution is -2.14. The first-order chi connectivity index (χ1) is 16.2. The van der Waals surface area contributed by atoms with Crippen molar-refractivity contribution in [1.82, 2.24) is 19.7 Å². The van der Waals surface area contributed by atoms with Crippen LogP contribution >= 0.6 is 11.8 Å². The fraction of sp³-hybridized carbons (Fsp3) is 0.120. The largest absolute Gasteiger partial charge is 0.489 e. The van der Waals surface area contributed by atoms with E-state index >= 15 is 0 Å². The Labute approximate surface area is 196 Å². The molecule has 0 aliphatic rings. The van der Waals surface area contributed by atoms with E-state index in [1.165, 1.54) is 11.8 Å². The normalized spacial score (nSPS) is 10.5. The number of hydrogen-bond donors (Lipinski definition) is 1. The second-order valence-electron chi connectivity index (χ2n) is 7.08. The van der Waals surface area contributed by atoms with Gasteiger partial charge in [0.15, 0.2) is 11.0 Å². The van der Waals surface area contributed by atoms with Crippen LogP contribution in [0.1, 0.15) is 5.56 Å². The van der Waals surface area contributed by atoms with Gasteiger partial charge < -0.3 is 10.1 Å². The van der Waals surface area contributed by atoms with Gasteiger partial charge in [0, 0.05) is 30.2 Å². The molecule has 33 heavy (non-hydrogen) atoms. The van der Waals surface area contributed by atoms with E-state index in [-0.39, 0.29) is 11.7 Å². The lowest BCUT2D eigenvalue weighted by Gasteiger charge is -2.09. The number of ether oxygens (including phenoxy) is 1. The van der Waals surface area contributed by atoms with E-state index in [1.54, 1.807) is 18.5 Å². The van der Waals surface area contributed by atoms with Crippen LogP contribution in [-0.2, 0) is 17.9 Å². The molecule has 0 atom stereocenters. The molecule has 0 spiro atoms. The molecule has 2 heterocycles. The SMILES string of the molecule is C=CCn1c(SCC(=O)Nc2ccc(OCc3ccccc3)cc2)nnc1-c1ccncc1. The Bertz CT molecular complexity index is 1190. The standard InChI is InChI=1S/C25H23N5O2S/c1-2-16-30-24(20-12-14-26-15-13-20)28-29-25(30)33-18-23(31)27-21-8-10-22(11-9-21)32-17-19-6-4-3-5-7-19/h2-15H,1,16-18H2,(H,27,31). The van der Waals surface area contributed by atoms with Gasteiger partial charge in [0.2, 0.25) is 5.91 Å². The van der Waals surface area contributed by atoms with Crippen LogP contribution in [0.25, 0.3) is 11.4 Å². The molecule has 0 unspecified atom stereocenters. The first kappa shape index (κ1) is 22.3. The van der Waals surface area contributed by atoms with Gasteiger partial charge in [0.05, 0.1) is 5.75 Å². The summed E-state index contributed by atoms with van der Waals surface area (Å²) in [5, 5.41) is 12.1. The Balaban J connectivity index is 1.32. The molecule has 4 aromatic rings. The number of carbonyl (C=O) groups is 1. The predicted octanol–water partition coefficient (Wildman–Crippen LogP) is 4.84. The maximum Gasteiger partial charge on any atom is 0.234 e. The molecule has 8 heteroatoms. The van der Waals surface area contributed by atoms with E-state index < -0.39 is 0 Å². The van der Waals surface area contributed by atoms with Crippen molar-refractivity contribution in [2.75, 3.05) is 11.1 Å². The number of anilines is 1. The maximum atomic E-state index is 12.5. The Hall–Kier alpha value is -3.91. The Morgan fingerprint density at radius 1 is 1.03 bits per heavy atom. The zero-order valence-electron chi connectivity index (χ0n) is 17.9. The third kappa shape index (κ3) is 6.08. The summed E-state index contributed by atoms with van der Waals surface area (Å²) in [5.41, 5.74) is 2.71. The summed E-state index contributed by atoms with van der Waals surface area (Å²) in [6.07, 6.45) is 5.20. The van der Waals surface area contributed by atoms with Crippen LogP contribution in [0.2, 0.25) is 0 Å². The Morgan fingerprint density at radius 2 is 1.79 bits per heavy atom. The predicted molar refractivity (Wildman–Crippen MR) is 130 cm³/mol. The van der Waals surface area contributed by atoms with Gasteiger partial charge in [0.25, 0.3) is 0 Å². The highest BCUT2D eigenvalue weighted by molar-refractivity contribution is 7.99. The minimum Gasteiger partial charge on any atom is -0.489 e. The smallest absolute Gasteiger partial charge is 0.234 e. The maximum absolute atomic E-state index is 12.5. The number of pyridine rings is 1. The lowest BCUT2D eigenvalue weighted by molar-refractivity contribution is -0.113. The molecule has 1 N–H and O–H groups in total. The molecule has 0 saturated carbocycles. The molecular weight excluding hydrogens is 434 g/mol. The first-order valence-electron chi connectivity index (χ1n) is 10.4. The number of carbonyl (C=O) groups excluding carboxylic acids is 1. The van der Waals surface area contributed by atoms with Crippen LogP contribution in [0.4, 0.5) is 5.69 Å². The van der Waals surface area contributed by atoms with E-state index in [2.05, 4.69) is 27.1 Å². The molecule has 0 bridgehead atoms. The number of nitrogens with one attached hydrogen (secondary N) is 1. The molecule has 0 fully saturated rings. The second-order valence-corrected chi connectivity index (χ2v) is 8.02. The Kier molecular flexibility index (Phi) is 7.50. The summed E-state index contributed by atoms with van der Waals surface area (Å²) < 4.78 is 7.72. The summed E-state index contributed by atoms with van der Waals surface area (Å²) in [6, 6.07) is 21.0. The van der Waals surface area contributed by atoms with E-state index in [0.717, 1.165) is 16.9 Å². The van der Waals surface area contributed by atoms with Gasteiger partial charge in [-0.05, 0) is 42.0 Å². The minimum atomic E-state index is -0.128. The summed E-state index contributed by atoms with van der Waals surface area (Å²) >= 11 is 1.33. The van der Waals surface area contributed by atoms with Crippen molar-refractivity contribution in [2.45, 2.75) is 18.3 Å². The number of thioether (sulfide) groups is 1. The molecule has 0 saturated heterocycles. The molecule has 2 aromatic carbocycles. The Morgan fingerprint density at radius 3 is 2.52 bits per heavy atom. The number of amides is 1. The zero-order valence-corrected chi connectivity index (χ0v) is 18.7.